The second-order valence-electron chi connectivity index (χ2n) is 3.53. The number of primary sulfonamides is 1. The molecule has 0 heterocycles. The lowest BCUT2D eigenvalue weighted by molar-refractivity contribution is -0.137. The Morgan fingerprint density at radius 1 is 1.37 bits per heavy atom. The molecule has 1 rings (SSSR count). The molecule has 0 unspecified atom stereocenters. The van der Waals surface area contributed by atoms with E-state index in [1.165, 1.54) is 12.1 Å². The maximum atomic E-state index is 12.7. The van der Waals surface area contributed by atoms with Gasteiger partial charge in [0, 0.05) is 10.6 Å². The average molecular weight is 310 g/mol. The van der Waals surface area contributed by atoms with Crippen LogP contribution >= 0.6 is 11.8 Å². The van der Waals surface area contributed by atoms with Crippen LogP contribution in [0.3, 0.4) is 0 Å². The molecule has 0 spiro atoms. The van der Waals surface area contributed by atoms with Crippen LogP contribution in [0.4, 0.5) is 13.2 Å². The molecule has 0 atom stereocenters. The van der Waals surface area contributed by atoms with Crippen molar-refractivity contribution in [1.82, 2.24) is 0 Å². The Bertz CT molecular complexity index is 606. The first kappa shape index (κ1) is 15.8. The topological polar surface area (TPSA) is 83.9 Å². The molecule has 2 N–H and O–H groups in total. The van der Waals surface area contributed by atoms with Gasteiger partial charge in [-0.2, -0.15) is 18.4 Å². The Labute approximate surface area is 112 Å². The van der Waals surface area contributed by atoms with Crippen LogP contribution in [0.2, 0.25) is 0 Å². The van der Waals surface area contributed by atoms with Gasteiger partial charge in [0.2, 0.25) is 10.0 Å². The van der Waals surface area contributed by atoms with Crippen molar-refractivity contribution < 1.29 is 21.6 Å². The van der Waals surface area contributed by atoms with E-state index in [2.05, 4.69) is 0 Å². The number of benzene rings is 1. The fraction of sp³-hybridized carbons (Fsp3) is 0.300. The van der Waals surface area contributed by atoms with Crippen LogP contribution < -0.4 is 5.14 Å². The van der Waals surface area contributed by atoms with Crippen molar-refractivity contribution in [3.8, 4) is 6.07 Å². The molecule has 0 radical (unpaired) electrons. The molecule has 4 nitrogen and oxygen atoms in total. The van der Waals surface area contributed by atoms with E-state index in [9.17, 15) is 21.6 Å². The summed E-state index contributed by atoms with van der Waals surface area (Å²) in [7, 11) is -3.64. The Hall–Kier alpha value is -1.24. The SMILES string of the molecule is N#Cc1ccc(SCCS(N)(=O)=O)cc1C(F)(F)F. The minimum atomic E-state index is -4.62. The minimum absolute atomic E-state index is 0.0437. The first-order valence-electron chi connectivity index (χ1n) is 4.88. The van der Waals surface area contributed by atoms with E-state index in [4.69, 9.17) is 10.4 Å². The van der Waals surface area contributed by atoms with Gasteiger partial charge in [0.25, 0.3) is 0 Å². The molecule has 0 aliphatic carbocycles. The van der Waals surface area contributed by atoms with E-state index in [1.807, 2.05) is 0 Å². The van der Waals surface area contributed by atoms with Crippen molar-refractivity contribution in [3.05, 3.63) is 29.3 Å². The van der Waals surface area contributed by atoms with Crippen molar-refractivity contribution in [1.29, 1.82) is 5.26 Å². The second kappa shape index (κ2) is 5.81. The highest BCUT2D eigenvalue weighted by molar-refractivity contribution is 8.00. The highest BCUT2D eigenvalue weighted by atomic mass is 32.2. The van der Waals surface area contributed by atoms with E-state index in [1.54, 1.807) is 0 Å². The Morgan fingerprint density at radius 2 is 2.00 bits per heavy atom. The molecule has 0 aromatic heterocycles. The first-order valence-corrected chi connectivity index (χ1v) is 7.58. The zero-order valence-electron chi connectivity index (χ0n) is 9.44. The average Bonchev–Trinajstić information content (AvgIpc) is 2.26. The van der Waals surface area contributed by atoms with E-state index >= 15 is 0 Å². The van der Waals surface area contributed by atoms with Crippen LogP contribution in [0.1, 0.15) is 11.1 Å². The van der Waals surface area contributed by atoms with Crippen molar-refractivity contribution in [2.75, 3.05) is 11.5 Å². The molecule has 0 aliphatic heterocycles. The minimum Gasteiger partial charge on any atom is -0.229 e. The van der Waals surface area contributed by atoms with Gasteiger partial charge in [-0.25, -0.2) is 13.6 Å². The lowest BCUT2D eigenvalue weighted by Gasteiger charge is -2.10. The van der Waals surface area contributed by atoms with Gasteiger partial charge in [-0.1, -0.05) is 0 Å². The molecule has 0 bridgehead atoms. The summed E-state index contributed by atoms with van der Waals surface area (Å²) in [6.45, 7) is 0. The summed E-state index contributed by atoms with van der Waals surface area (Å²) in [5.74, 6) is -0.291. The van der Waals surface area contributed by atoms with Gasteiger partial charge >= 0.3 is 6.18 Å². The third kappa shape index (κ3) is 5.10. The van der Waals surface area contributed by atoms with Gasteiger partial charge < -0.3 is 0 Å². The molecule has 1 aromatic rings. The van der Waals surface area contributed by atoms with Crippen LogP contribution in [0.15, 0.2) is 23.1 Å². The van der Waals surface area contributed by atoms with Gasteiger partial charge in [-0.05, 0) is 18.2 Å². The number of nitriles is 1. The number of halogens is 3. The Morgan fingerprint density at radius 3 is 2.47 bits per heavy atom. The van der Waals surface area contributed by atoms with Crippen LogP contribution in [-0.2, 0) is 16.2 Å². The summed E-state index contributed by atoms with van der Waals surface area (Å²) in [6.07, 6.45) is -4.62. The molecular formula is C10H9F3N2O2S2. The predicted octanol–water partition coefficient (Wildman–Crippen LogP) is 1.96. The van der Waals surface area contributed by atoms with Crippen molar-refractivity contribution >= 4 is 21.8 Å². The maximum Gasteiger partial charge on any atom is 0.417 e. The van der Waals surface area contributed by atoms with Crippen LogP contribution in [0.25, 0.3) is 0 Å². The second-order valence-corrected chi connectivity index (χ2v) is 6.43. The van der Waals surface area contributed by atoms with Gasteiger partial charge in [0.15, 0.2) is 0 Å². The largest absolute Gasteiger partial charge is 0.417 e. The molecular weight excluding hydrogens is 301 g/mol. The molecule has 0 saturated carbocycles. The van der Waals surface area contributed by atoms with Gasteiger partial charge in [0.05, 0.1) is 22.9 Å². The fourth-order valence-corrected chi connectivity index (χ4v) is 3.08. The monoisotopic (exact) mass is 310 g/mol. The molecule has 9 heteroatoms. The summed E-state index contributed by atoms with van der Waals surface area (Å²) < 4.78 is 59.3. The Balaban J connectivity index is 2.91. The fourth-order valence-electron chi connectivity index (χ4n) is 1.22. The van der Waals surface area contributed by atoms with Crippen LogP contribution in [-0.4, -0.2) is 19.9 Å². The third-order valence-corrected chi connectivity index (χ3v) is 4.08. The van der Waals surface area contributed by atoms with Gasteiger partial charge in [0.1, 0.15) is 0 Å². The molecule has 19 heavy (non-hydrogen) atoms. The molecule has 1 aromatic carbocycles. The molecule has 104 valence electrons. The number of thioether (sulfide) groups is 1. The van der Waals surface area contributed by atoms with Crippen molar-refractivity contribution in [2.45, 2.75) is 11.1 Å². The summed E-state index contributed by atoms with van der Waals surface area (Å²) in [4.78, 5) is 0.231. The van der Waals surface area contributed by atoms with Crippen molar-refractivity contribution in [3.63, 3.8) is 0 Å². The normalized spacial score (nSPS) is 12.2. The number of alkyl halides is 3. The number of rotatable bonds is 4. The van der Waals surface area contributed by atoms with Gasteiger partial charge in [-0.15, -0.1) is 11.8 Å². The molecule has 0 aliphatic rings. The number of hydrogen-bond acceptors (Lipinski definition) is 4. The number of sulfonamides is 1. The maximum absolute atomic E-state index is 12.7. The summed E-state index contributed by atoms with van der Waals surface area (Å²) in [5.41, 5.74) is -1.50. The van der Waals surface area contributed by atoms with Crippen LogP contribution in [0.5, 0.6) is 0 Å². The lowest BCUT2D eigenvalue weighted by atomic mass is 10.1. The van der Waals surface area contributed by atoms with E-state index < -0.39 is 27.3 Å². The van der Waals surface area contributed by atoms with Crippen LogP contribution in [0, 0.1) is 11.3 Å². The summed E-state index contributed by atoms with van der Waals surface area (Å²) in [5, 5.41) is 13.4. The molecule has 0 amide bonds. The van der Waals surface area contributed by atoms with E-state index in [0.717, 1.165) is 23.9 Å². The number of nitrogens with zero attached hydrogens (tertiary/aromatic N) is 1. The number of nitrogens with two attached hydrogens (primary N) is 1. The van der Waals surface area contributed by atoms with Crippen molar-refractivity contribution in [2.24, 2.45) is 5.14 Å². The molecule has 0 fully saturated rings. The highest BCUT2D eigenvalue weighted by Crippen LogP contribution is 2.34. The Kier molecular flexibility index (Phi) is 4.84. The van der Waals surface area contributed by atoms with E-state index in [0.29, 0.717) is 0 Å². The lowest BCUT2D eigenvalue weighted by Crippen LogP contribution is -2.17. The third-order valence-electron chi connectivity index (χ3n) is 2.05. The first-order chi connectivity index (χ1) is 8.63. The molecule has 0 saturated heterocycles. The summed E-state index contributed by atoms with van der Waals surface area (Å²) >= 11 is 0.928. The number of hydrogen-bond donors (Lipinski definition) is 1. The highest BCUT2D eigenvalue weighted by Gasteiger charge is 2.33. The quantitative estimate of drug-likeness (QED) is 0.862. The van der Waals surface area contributed by atoms with E-state index in [-0.39, 0.29) is 16.4 Å². The van der Waals surface area contributed by atoms with Gasteiger partial charge in [-0.3, -0.25) is 0 Å². The smallest absolute Gasteiger partial charge is 0.229 e. The standard InChI is InChI=1S/C10H9F3N2O2S2/c11-10(12,13)9-5-8(2-1-7(9)6-14)18-3-4-19(15,16)17/h1-2,5H,3-4H2,(H2,15,16,17). The zero-order chi connectivity index (χ0) is 14.7. The summed E-state index contributed by atoms with van der Waals surface area (Å²) in [6, 6.07) is 4.68. The zero-order valence-corrected chi connectivity index (χ0v) is 11.1. The predicted molar refractivity (Wildman–Crippen MR) is 64.9 cm³/mol.